The van der Waals surface area contributed by atoms with Crippen molar-refractivity contribution >= 4 is 28.4 Å². The third kappa shape index (κ3) is 5.12. The SMILES string of the molecule is CN(Cc1ccccc1)c1cc(-c2cn(C3CCCC3)c3ncccc23)nc2c(C(=O)NC3CC[C@H]3O)cnn12.CO. The van der Waals surface area contributed by atoms with Crippen molar-refractivity contribution in [2.45, 2.75) is 63.3 Å². The first-order chi connectivity index (χ1) is 20.6. The molecule has 10 nitrogen and oxygen atoms in total. The number of nitrogens with zero attached hydrogens (tertiary/aromatic N) is 6. The van der Waals surface area contributed by atoms with Gasteiger partial charge in [0.25, 0.3) is 5.91 Å². The van der Waals surface area contributed by atoms with Crippen molar-refractivity contribution in [2.24, 2.45) is 0 Å². The van der Waals surface area contributed by atoms with E-state index in [1.807, 2.05) is 37.5 Å². The van der Waals surface area contributed by atoms with Crippen LogP contribution in [-0.2, 0) is 6.54 Å². The third-order valence-corrected chi connectivity index (χ3v) is 8.49. The Balaban J connectivity index is 0.00000155. The van der Waals surface area contributed by atoms with Crippen molar-refractivity contribution in [3.05, 3.63) is 78.2 Å². The maximum absolute atomic E-state index is 13.3. The number of amides is 1. The van der Waals surface area contributed by atoms with Gasteiger partial charge >= 0.3 is 0 Å². The molecule has 2 atom stereocenters. The molecule has 0 aliphatic heterocycles. The number of nitrogens with one attached hydrogen (secondary N) is 1. The van der Waals surface area contributed by atoms with E-state index in [-0.39, 0.29) is 11.9 Å². The molecule has 7 rings (SSSR count). The van der Waals surface area contributed by atoms with Crippen LogP contribution in [0.15, 0.2) is 67.1 Å². The Bertz CT molecular complexity index is 1690. The molecule has 3 N–H and O–H groups in total. The average Bonchev–Trinajstić information content (AvgIpc) is 3.79. The molecule has 4 aromatic heterocycles. The Labute approximate surface area is 244 Å². The van der Waals surface area contributed by atoms with Crippen LogP contribution >= 0.6 is 0 Å². The van der Waals surface area contributed by atoms with Crippen LogP contribution in [0.1, 0.15) is 60.5 Å². The molecule has 0 radical (unpaired) electrons. The summed E-state index contributed by atoms with van der Waals surface area (Å²) in [5, 5.41) is 25.7. The van der Waals surface area contributed by atoms with Crippen LogP contribution in [0, 0.1) is 0 Å². The first-order valence-corrected chi connectivity index (χ1v) is 14.6. The number of anilines is 1. The van der Waals surface area contributed by atoms with E-state index in [0.717, 1.165) is 54.5 Å². The van der Waals surface area contributed by atoms with E-state index in [0.29, 0.717) is 30.2 Å². The number of benzene rings is 1. The van der Waals surface area contributed by atoms with Crippen LogP contribution in [0.5, 0.6) is 0 Å². The van der Waals surface area contributed by atoms with Gasteiger partial charge in [0, 0.05) is 56.2 Å². The highest BCUT2D eigenvalue weighted by atomic mass is 16.3. The molecule has 2 saturated carbocycles. The summed E-state index contributed by atoms with van der Waals surface area (Å²) in [6, 6.07) is 16.6. The number of rotatable bonds is 7. The second kappa shape index (κ2) is 11.9. The fourth-order valence-electron chi connectivity index (χ4n) is 6.10. The van der Waals surface area contributed by atoms with Crippen molar-refractivity contribution in [1.82, 2.24) is 29.5 Å². The van der Waals surface area contributed by atoms with Crippen LogP contribution in [0.4, 0.5) is 5.82 Å². The predicted octanol–water partition coefficient (Wildman–Crippen LogP) is 4.36. The van der Waals surface area contributed by atoms with Gasteiger partial charge in [-0.25, -0.2) is 9.97 Å². The lowest BCUT2D eigenvalue weighted by Crippen LogP contribution is -2.50. The highest BCUT2D eigenvalue weighted by Crippen LogP contribution is 2.37. The van der Waals surface area contributed by atoms with Crippen molar-refractivity contribution < 1.29 is 15.0 Å². The largest absolute Gasteiger partial charge is 0.400 e. The molecule has 0 saturated heterocycles. The minimum atomic E-state index is -0.504. The van der Waals surface area contributed by atoms with E-state index in [2.05, 4.69) is 50.3 Å². The fraction of sp³-hybridized carbons (Fsp3) is 0.375. The number of fused-ring (bicyclic) bond motifs is 2. The Morgan fingerprint density at radius 3 is 2.55 bits per heavy atom. The maximum Gasteiger partial charge on any atom is 0.257 e. The Morgan fingerprint density at radius 1 is 1.05 bits per heavy atom. The van der Waals surface area contributed by atoms with Gasteiger partial charge in [-0.15, -0.1) is 0 Å². The number of carbonyl (C=O) groups excluding carboxylic acids is 1. The lowest BCUT2D eigenvalue weighted by molar-refractivity contribution is 0.0448. The second-order valence-corrected chi connectivity index (χ2v) is 11.1. The van der Waals surface area contributed by atoms with Crippen molar-refractivity contribution in [2.75, 3.05) is 19.1 Å². The number of aliphatic hydroxyl groups excluding tert-OH is 2. The Morgan fingerprint density at radius 2 is 1.83 bits per heavy atom. The third-order valence-electron chi connectivity index (χ3n) is 8.49. The summed E-state index contributed by atoms with van der Waals surface area (Å²) in [6.07, 6.45) is 11.3. The van der Waals surface area contributed by atoms with Gasteiger partial charge in [-0.1, -0.05) is 43.2 Å². The summed E-state index contributed by atoms with van der Waals surface area (Å²) in [4.78, 5) is 25.3. The maximum atomic E-state index is 13.3. The summed E-state index contributed by atoms with van der Waals surface area (Å²) in [7, 11) is 3.03. The Hall–Kier alpha value is -4.28. The van der Waals surface area contributed by atoms with Gasteiger partial charge in [-0.3, -0.25) is 4.79 Å². The molecular weight excluding hydrogens is 530 g/mol. The van der Waals surface area contributed by atoms with E-state index in [9.17, 15) is 9.90 Å². The highest BCUT2D eigenvalue weighted by Gasteiger charge is 2.31. The van der Waals surface area contributed by atoms with E-state index in [1.54, 1.807) is 10.7 Å². The molecule has 2 aliphatic carbocycles. The molecule has 0 spiro atoms. The average molecular weight is 568 g/mol. The highest BCUT2D eigenvalue weighted by molar-refractivity contribution is 6.01. The zero-order valence-corrected chi connectivity index (χ0v) is 24.0. The molecule has 10 heteroatoms. The van der Waals surface area contributed by atoms with Crippen molar-refractivity contribution in [3.63, 3.8) is 0 Å². The summed E-state index contributed by atoms with van der Waals surface area (Å²) in [6.45, 7) is 0.667. The molecule has 218 valence electrons. The van der Waals surface area contributed by atoms with E-state index < -0.39 is 6.10 Å². The van der Waals surface area contributed by atoms with E-state index in [4.69, 9.17) is 15.1 Å². The Kier molecular flexibility index (Phi) is 7.90. The monoisotopic (exact) mass is 567 g/mol. The smallest absolute Gasteiger partial charge is 0.257 e. The first-order valence-electron chi connectivity index (χ1n) is 14.6. The van der Waals surface area contributed by atoms with Crippen LogP contribution in [0.25, 0.3) is 27.9 Å². The fourth-order valence-corrected chi connectivity index (χ4v) is 6.10. The van der Waals surface area contributed by atoms with Crippen LogP contribution in [0.3, 0.4) is 0 Å². The van der Waals surface area contributed by atoms with Crippen LogP contribution in [-0.4, -0.2) is 66.6 Å². The van der Waals surface area contributed by atoms with Gasteiger partial charge in [-0.2, -0.15) is 9.61 Å². The summed E-state index contributed by atoms with van der Waals surface area (Å²) in [5.41, 5.74) is 4.79. The standard InChI is InChI=1S/C31H33N7O2.CH4O/c1-36(18-20-8-3-2-4-9-20)28-16-26(24-19-37(21-10-5-6-11-21)29-22(24)12-7-15-32-29)34-30-23(17-33-38(28)30)31(40)35-25-13-14-27(25)39;1-2/h2-4,7-9,12,15-17,19,21,25,27,39H,5-6,10-11,13-14,18H2,1H3,(H,35,40);2H,1H3/t25?,27-;/m1./s1. The van der Waals surface area contributed by atoms with Gasteiger partial charge in [0.2, 0.25) is 0 Å². The topological polar surface area (TPSA) is 121 Å². The number of hydrogen-bond donors (Lipinski definition) is 3. The van der Waals surface area contributed by atoms with Crippen molar-refractivity contribution in [3.8, 4) is 11.3 Å². The van der Waals surface area contributed by atoms with Gasteiger partial charge < -0.3 is 25.0 Å². The summed E-state index contributed by atoms with van der Waals surface area (Å²) >= 11 is 0. The minimum Gasteiger partial charge on any atom is -0.400 e. The molecule has 1 unspecified atom stereocenters. The quantitative estimate of drug-likeness (QED) is 0.267. The number of pyridine rings is 1. The lowest BCUT2D eigenvalue weighted by Gasteiger charge is -2.32. The van der Waals surface area contributed by atoms with E-state index in [1.165, 1.54) is 18.4 Å². The zero-order chi connectivity index (χ0) is 29.2. The minimum absolute atomic E-state index is 0.235. The second-order valence-electron chi connectivity index (χ2n) is 11.1. The van der Waals surface area contributed by atoms with Gasteiger partial charge in [0.15, 0.2) is 5.65 Å². The molecule has 1 aromatic carbocycles. The summed E-state index contributed by atoms with van der Waals surface area (Å²) in [5.74, 6) is 0.562. The number of hydrogen-bond acceptors (Lipinski definition) is 7. The molecule has 4 heterocycles. The molecule has 1 amide bonds. The van der Waals surface area contributed by atoms with Crippen LogP contribution in [0.2, 0.25) is 0 Å². The predicted molar refractivity (Wildman–Crippen MR) is 162 cm³/mol. The van der Waals surface area contributed by atoms with Crippen molar-refractivity contribution in [1.29, 1.82) is 0 Å². The number of aliphatic hydroxyl groups is 2. The van der Waals surface area contributed by atoms with Crippen LogP contribution < -0.4 is 10.2 Å². The van der Waals surface area contributed by atoms with Gasteiger partial charge in [0.1, 0.15) is 17.0 Å². The molecule has 2 fully saturated rings. The number of aromatic nitrogens is 5. The zero-order valence-electron chi connectivity index (χ0n) is 24.0. The number of carbonyl (C=O) groups is 1. The van der Waals surface area contributed by atoms with E-state index >= 15 is 0 Å². The molecule has 42 heavy (non-hydrogen) atoms. The van der Waals surface area contributed by atoms with Gasteiger partial charge in [0.05, 0.1) is 24.0 Å². The molecule has 5 aromatic rings. The first kappa shape index (κ1) is 27.9. The molecule has 2 aliphatic rings. The lowest BCUT2D eigenvalue weighted by atomic mass is 9.89. The van der Waals surface area contributed by atoms with Gasteiger partial charge in [-0.05, 0) is 43.4 Å². The molecular formula is C32H37N7O3. The summed E-state index contributed by atoms with van der Waals surface area (Å²) < 4.78 is 4.06. The molecule has 0 bridgehead atoms. The normalized spacial score (nSPS) is 18.5.